The molecule has 1 fully saturated rings. The molecular weight excluding hydrogens is 408 g/mol. The highest BCUT2D eigenvalue weighted by molar-refractivity contribution is 5.94. The Kier molecular flexibility index (Phi) is 5.00. The van der Waals surface area contributed by atoms with E-state index in [2.05, 4.69) is 30.4 Å². The van der Waals surface area contributed by atoms with Crippen LogP contribution < -0.4 is 5.32 Å². The van der Waals surface area contributed by atoms with Gasteiger partial charge in [-0.2, -0.15) is 5.10 Å². The molecule has 11 heteroatoms. The normalized spacial score (nSPS) is 16.1. The van der Waals surface area contributed by atoms with E-state index in [0.717, 1.165) is 23.5 Å². The third kappa shape index (κ3) is 3.55. The molecule has 5 heterocycles. The number of amides is 1. The molecule has 5 rings (SSSR count). The highest BCUT2D eigenvalue weighted by Gasteiger charge is 2.28. The van der Waals surface area contributed by atoms with Crippen LogP contribution in [0.3, 0.4) is 0 Å². The van der Waals surface area contributed by atoms with Crippen molar-refractivity contribution in [1.82, 2.24) is 44.2 Å². The molecule has 4 aromatic rings. The SMILES string of the molecule is CCn1c(-c2cnc(C)nc2)nc2c(NC3CCN(C(=O)c4cnn(C)c4)C3)ncnc21. The van der Waals surface area contributed by atoms with Crippen LogP contribution in [0.15, 0.2) is 31.1 Å². The van der Waals surface area contributed by atoms with Gasteiger partial charge in [-0.15, -0.1) is 0 Å². The van der Waals surface area contributed by atoms with Crippen LogP contribution in [-0.2, 0) is 13.6 Å². The molecule has 4 aromatic heterocycles. The Morgan fingerprint density at radius 2 is 2.00 bits per heavy atom. The number of hydrogen-bond donors (Lipinski definition) is 1. The standard InChI is InChI=1S/C21H24N10O/c1-4-31-19(14-7-22-13(2)23-8-14)28-17-18(24-12-25-20(17)31)27-16-5-6-30(11-16)21(32)15-9-26-29(3)10-15/h7-10,12,16H,4-6,11H2,1-3H3,(H,24,25,27). The number of rotatable bonds is 5. The number of anilines is 1. The smallest absolute Gasteiger partial charge is 0.257 e. The van der Waals surface area contributed by atoms with E-state index >= 15 is 0 Å². The maximum atomic E-state index is 12.7. The molecule has 164 valence electrons. The summed E-state index contributed by atoms with van der Waals surface area (Å²) < 4.78 is 3.67. The highest BCUT2D eigenvalue weighted by Crippen LogP contribution is 2.27. The van der Waals surface area contributed by atoms with Crippen LogP contribution in [0.5, 0.6) is 0 Å². The van der Waals surface area contributed by atoms with Crippen molar-refractivity contribution in [1.29, 1.82) is 0 Å². The second-order valence-electron chi connectivity index (χ2n) is 7.88. The van der Waals surface area contributed by atoms with Gasteiger partial charge < -0.3 is 14.8 Å². The monoisotopic (exact) mass is 432 g/mol. The van der Waals surface area contributed by atoms with Gasteiger partial charge in [0.1, 0.15) is 18.0 Å². The molecule has 0 aliphatic carbocycles. The van der Waals surface area contributed by atoms with Crippen molar-refractivity contribution in [2.75, 3.05) is 18.4 Å². The van der Waals surface area contributed by atoms with E-state index in [1.54, 1.807) is 42.8 Å². The highest BCUT2D eigenvalue weighted by atomic mass is 16.2. The number of hydrogen-bond acceptors (Lipinski definition) is 8. The summed E-state index contributed by atoms with van der Waals surface area (Å²) in [6, 6.07) is 0.0756. The van der Waals surface area contributed by atoms with E-state index in [4.69, 9.17) is 4.98 Å². The maximum absolute atomic E-state index is 12.7. The van der Waals surface area contributed by atoms with E-state index in [1.807, 2.05) is 23.3 Å². The van der Waals surface area contributed by atoms with Gasteiger partial charge >= 0.3 is 0 Å². The number of aromatic nitrogens is 8. The number of nitrogens with zero attached hydrogens (tertiary/aromatic N) is 9. The van der Waals surface area contributed by atoms with Gasteiger partial charge in [0.15, 0.2) is 17.0 Å². The van der Waals surface area contributed by atoms with Gasteiger partial charge in [0.2, 0.25) is 0 Å². The minimum atomic E-state index is -0.00727. The molecule has 1 aliphatic rings. The van der Waals surface area contributed by atoms with Crippen molar-refractivity contribution in [2.24, 2.45) is 7.05 Å². The number of imidazole rings is 1. The molecule has 0 spiro atoms. The lowest BCUT2D eigenvalue weighted by Gasteiger charge is -2.16. The number of likely N-dealkylation sites (tertiary alicyclic amines) is 1. The van der Waals surface area contributed by atoms with E-state index < -0.39 is 0 Å². The van der Waals surface area contributed by atoms with E-state index in [1.165, 1.54) is 0 Å². The first kappa shape index (κ1) is 20.0. The number of carbonyl (C=O) groups excluding carboxylic acids is 1. The fourth-order valence-corrected chi connectivity index (χ4v) is 4.04. The second-order valence-corrected chi connectivity index (χ2v) is 7.88. The lowest BCUT2D eigenvalue weighted by atomic mass is 10.2. The predicted molar refractivity (Wildman–Crippen MR) is 118 cm³/mol. The Hall–Kier alpha value is -3.89. The molecule has 0 saturated carbocycles. The molecule has 1 N–H and O–H groups in total. The number of fused-ring (bicyclic) bond motifs is 1. The minimum absolute atomic E-state index is 0.00727. The van der Waals surface area contributed by atoms with E-state index in [-0.39, 0.29) is 11.9 Å². The van der Waals surface area contributed by atoms with Crippen LogP contribution in [0.25, 0.3) is 22.6 Å². The molecule has 11 nitrogen and oxygen atoms in total. The fraction of sp³-hybridized carbons (Fsp3) is 0.381. The summed E-state index contributed by atoms with van der Waals surface area (Å²) in [5.41, 5.74) is 2.88. The van der Waals surface area contributed by atoms with Gasteiger partial charge in [-0.25, -0.2) is 24.9 Å². The Bertz CT molecular complexity index is 1280. The first-order chi connectivity index (χ1) is 15.5. The van der Waals surface area contributed by atoms with Crippen molar-refractivity contribution < 1.29 is 4.79 Å². The zero-order valence-corrected chi connectivity index (χ0v) is 18.2. The first-order valence-electron chi connectivity index (χ1n) is 10.6. The van der Waals surface area contributed by atoms with Gasteiger partial charge in [-0.3, -0.25) is 9.48 Å². The molecule has 1 amide bonds. The number of carbonyl (C=O) groups is 1. The quantitative estimate of drug-likeness (QED) is 0.506. The van der Waals surface area contributed by atoms with Gasteiger partial charge in [0.25, 0.3) is 5.91 Å². The van der Waals surface area contributed by atoms with Crippen LogP contribution in [0, 0.1) is 6.92 Å². The van der Waals surface area contributed by atoms with Crippen LogP contribution in [0.2, 0.25) is 0 Å². The topological polar surface area (TPSA) is 120 Å². The van der Waals surface area contributed by atoms with Gasteiger partial charge in [-0.05, 0) is 20.3 Å². The number of aryl methyl sites for hydroxylation is 3. The van der Waals surface area contributed by atoms with Crippen molar-refractivity contribution in [2.45, 2.75) is 32.9 Å². The van der Waals surface area contributed by atoms with Crippen LogP contribution in [0.4, 0.5) is 5.82 Å². The average Bonchev–Trinajstić information content (AvgIpc) is 3.52. The summed E-state index contributed by atoms with van der Waals surface area (Å²) in [5, 5.41) is 7.57. The molecule has 0 bridgehead atoms. The lowest BCUT2D eigenvalue weighted by molar-refractivity contribution is 0.0791. The molecule has 1 unspecified atom stereocenters. The zero-order valence-electron chi connectivity index (χ0n) is 18.2. The zero-order chi connectivity index (χ0) is 22.2. The van der Waals surface area contributed by atoms with Gasteiger partial charge in [0.05, 0.1) is 17.3 Å². The van der Waals surface area contributed by atoms with E-state index in [9.17, 15) is 4.79 Å². The van der Waals surface area contributed by atoms with Gasteiger partial charge in [-0.1, -0.05) is 0 Å². The van der Waals surface area contributed by atoms with E-state index in [0.29, 0.717) is 42.4 Å². The predicted octanol–water partition coefficient (Wildman–Crippen LogP) is 1.67. The molecule has 0 radical (unpaired) electrons. The lowest BCUT2D eigenvalue weighted by Crippen LogP contribution is -2.31. The summed E-state index contributed by atoms with van der Waals surface area (Å²) in [7, 11) is 1.80. The van der Waals surface area contributed by atoms with Crippen LogP contribution in [0.1, 0.15) is 29.5 Å². The summed E-state index contributed by atoms with van der Waals surface area (Å²) in [6.07, 6.45) is 9.26. The third-order valence-corrected chi connectivity index (χ3v) is 5.66. The largest absolute Gasteiger partial charge is 0.364 e. The molecule has 32 heavy (non-hydrogen) atoms. The Morgan fingerprint density at radius 3 is 2.72 bits per heavy atom. The summed E-state index contributed by atoms with van der Waals surface area (Å²) in [4.78, 5) is 36.9. The molecule has 1 aliphatic heterocycles. The minimum Gasteiger partial charge on any atom is -0.364 e. The number of nitrogens with one attached hydrogen (secondary N) is 1. The fourth-order valence-electron chi connectivity index (χ4n) is 4.04. The van der Waals surface area contributed by atoms with Crippen LogP contribution in [-0.4, -0.2) is 69.2 Å². The Labute approximate surface area is 184 Å². The summed E-state index contributed by atoms with van der Waals surface area (Å²) in [5.74, 6) is 2.12. The van der Waals surface area contributed by atoms with Crippen LogP contribution >= 0.6 is 0 Å². The molecule has 0 aromatic carbocycles. The summed E-state index contributed by atoms with van der Waals surface area (Å²) >= 11 is 0. The van der Waals surface area contributed by atoms with Crippen molar-refractivity contribution >= 4 is 22.9 Å². The Balaban J connectivity index is 1.40. The van der Waals surface area contributed by atoms with Crippen molar-refractivity contribution in [3.63, 3.8) is 0 Å². The Morgan fingerprint density at radius 1 is 1.19 bits per heavy atom. The van der Waals surface area contributed by atoms with Crippen molar-refractivity contribution in [3.8, 4) is 11.4 Å². The maximum Gasteiger partial charge on any atom is 0.257 e. The molecule has 1 atom stereocenters. The van der Waals surface area contributed by atoms with Crippen molar-refractivity contribution in [3.05, 3.63) is 42.5 Å². The molecular formula is C21H24N10O. The summed E-state index contributed by atoms with van der Waals surface area (Å²) in [6.45, 7) is 5.87. The second kappa shape index (κ2) is 7.98. The first-order valence-corrected chi connectivity index (χ1v) is 10.6. The molecule has 1 saturated heterocycles. The average molecular weight is 432 g/mol. The van der Waals surface area contributed by atoms with Gasteiger partial charge in [0, 0.05) is 51.3 Å². The third-order valence-electron chi connectivity index (χ3n) is 5.66.